The zero-order chi connectivity index (χ0) is 24.4. The molecule has 1 aromatic rings. The van der Waals surface area contributed by atoms with Crippen LogP contribution in [0.1, 0.15) is 79.3 Å². The first kappa shape index (κ1) is 25.7. The van der Waals surface area contributed by atoms with Crippen LogP contribution in [0.2, 0.25) is 0 Å². The van der Waals surface area contributed by atoms with Gasteiger partial charge in [-0.25, -0.2) is 0 Å². The lowest BCUT2D eigenvalue weighted by molar-refractivity contribution is -0.144. The molecule has 0 saturated heterocycles. The molecule has 7 unspecified atom stereocenters. The third-order valence-corrected chi connectivity index (χ3v) is 8.15. The van der Waals surface area contributed by atoms with Gasteiger partial charge < -0.3 is 15.7 Å². The van der Waals surface area contributed by atoms with Crippen molar-refractivity contribution in [3.05, 3.63) is 30.1 Å². The van der Waals surface area contributed by atoms with Crippen LogP contribution in [0.3, 0.4) is 0 Å². The molecule has 2 fully saturated rings. The van der Waals surface area contributed by atoms with E-state index in [1.807, 2.05) is 25.1 Å². The SMILES string of the molecule is CC(C(=O)NCc1ccccn1)C1CCC2(C)CCC(NC(=O)CC(C)(C)C)C(C)C2C1O. The Hall–Kier alpha value is -1.95. The summed E-state index contributed by atoms with van der Waals surface area (Å²) in [5, 5.41) is 17.8. The smallest absolute Gasteiger partial charge is 0.223 e. The number of amides is 2. The lowest BCUT2D eigenvalue weighted by Crippen LogP contribution is -2.58. The van der Waals surface area contributed by atoms with E-state index in [1.165, 1.54) is 0 Å². The van der Waals surface area contributed by atoms with Gasteiger partial charge in [-0.15, -0.1) is 0 Å². The van der Waals surface area contributed by atoms with Crippen molar-refractivity contribution in [3.63, 3.8) is 0 Å². The molecule has 3 rings (SSSR count). The zero-order valence-corrected chi connectivity index (χ0v) is 21.2. The number of carbonyl (C=O) groups is 2. The number of rotatable bonds is 6. The number of nitrogens with zero attached hydrogens (tertiary/aromatic N) is 1. The average Bonchev–Trinajstić information content (AvgIpc) is 2.73. The highest BCUT2D eigenvalue weighted by Crippen LogP contribution is 2.55. The van der Waals surface area contributed by atoms with Crippen LogP contribution in [0, 0.1) is 34.5 Å². The van der Waals surface area contributed by atoms with Gasteiger partial charge in [0.1, 0.15) is 0 Å². The molecule has 1 aromatic heterocycles. The Bertz CT molecular complexity index is 822. The van der Waals surface area contributed by atoms with Crippen molar-refractivity contribution in [2.24, 2.45) is 34.5 Å². The normalized spacial score (nSPS) is 33.0. The largest absolute Gasteiger partial charge is 0.392 e. The molecule has 7 atom stereocenters. The molecule has 1 heterocycles. The highest BCUT2D eigenvalue weighted by atomic mass is 16.3. The maximum atomic E-state index is 12.9. The fraction of sp³-hybridized carbons (Fsp3) is 0.741. The lowest BCUT2D eigenvalue weighted by Gasteiger charge is -2.56. The summed E-state index contributed by atoms with van der Waals surface area (Å²) < 4.78 is 0. The molecular formula is C27H43N3O3. The van der Waals surface area contributed by atoms with Crippen LogP contribution in [-0.2, 0) is 16.1 Å². The van der Waals surface area contributed by atoms with Crippen molar-refractivity contribution in [3.8, 4) is 0 Å². The molecule has 0 aliphatic heterocycles. The van der Waals surface area contributed by atoms with E-state index in [-0.39, 0.29) is 52.4 Å². The van der Waals surface area contributed by atoms with Crippen molar-refractivity contribution < 1.29 is 14.7 Å². The van der Waals surface area contributed by atoms with Crippen molar-refractivity contribution in [2.75, 3.05) is 0 Å². The van der Waals surface area contributed by atoms with Crippen LogP contribution >= 0.6 is 0 Å². The molecule has 6 heteroatoms. The number of carbonyl (C=O) groups excluding carboxylic acids is 2. The monoisotopic (exact) mass is 457 g/mol. The summed E-state index contributed by atoms with van der Waals surface area (Å²) in [6.45, 7) is 13.0. The minimum Gasteiger partial charge on any atom is -0.392 e. The Morgan fingerprint density at radius 3 is 2.58 bits per heavy atom. The fourth-order valence-corrected chi connectivity index (χ4v) is 6.27. The molecule has 2 aliphatic carbocycles. The van der Waals surface area contributed by atoms with Gasteiger partial charge in [0.15, 0.2) is 0 Å². The zero-order valence-electron chi connectivity index (χ0n) is 21.2. The van der Waals surface area contributed by atoms with Gasteiger partial charge in [0.25, 0.3) is 0 Å². The number of nitrogens with one attached hydrogen (secondary N) is 2. The summed E-state index contributed by atoms with van der Waals surface area (Å²) in [5.41, 5.74) is 0.818. The predicted octanol–water partition coefficient (Wildman–Crippen LogP) is 4.08. The van der Waals surface area contributed by atoms with E-state index in [0.717, 1.165) is 31.4 Å². The van der Waals surface area contributed by atoms with Gasteiger partial charge in [-0.3, -0.25) is 14.6 Å². The second kappa shape index (κ2) is 10.1. The first-order valence-corrected chi connectivity index (χ1v) is 12.6. The highest BCUT2D eigenvalue weighted by Gasteiger charge is 2.53. The number of aliphatic hydroxyl groups is 1. The number of hydrogen-bond donors (Lipinski definition) is 3. The summed E-state index contributed by atoms with van der Waals surface area (Å²) in [5.74, 6) is -0.0845. The Morgan fingerprint density at radius 1 is 1.24 bits per heavy atom. The van der Waals surface area contributed by atoms with E-state index in [9.17, 15) is 14.7 Å². The van der Waals surface area contributed by atoms with Crippen LogP contribution in [0.15, 0.2) is 24.4 Å². The topological polar surface area (TPSA) is 91.3 Å². The van der Waals surface area contributed by atoms with Crippen LogP contribution in [-0.4, -0.2) is 34.1 Å². The van der Waals surface area contributed by atoms with Crippen molar-refractivity contribution >= 4 is 11.8 Å². The quantitative estimate of drug-likeness (QED) is 0.600. The molecule has 184 valence electrons. The second-order valence-electron chi connectivity index (χ2n) is 12.0. The maximum absolute atomic E-state index is 12.9. The van der Waals surface area contributed by atoms with Crippen molar-refractivity contribution in [1.82, 2.24) is 15.6 Å². The van der Waals surface area contributed by atoms with Crippen LogP contribution in [0.4, 0.5) is 0 Å². The standard InChI is InChI=1S/C27H43N3O3/c1-17(25(33)29-16-19-9-7-8-14-28-19)20-10-12-27(6)13-11-21(18(2)23(27)24(20)32)30-22(31)15-26(3,4)5/h7-9,14,17-18,20-21,23-24,32H,10-13,15-16H2,1-6H3,(H,29,33)(H,30,31). The summed E-state index contributed by atoms with van der Waals surface area (Å²) >= 11 is 0. The first-order valence-electron chi connectivity index (χ1n) is 12.6. The Labute approximate surface area is 199 Å². The first-order chi connectivity index (χ1) is 15.4. The van der Waals surface area contributed by atoms with E-state index < -0.39 is 6.10 Å². The number of hydrogen-bond acceptors (Lipinski definition) is 4. The number of pyridine rings is 1. The van der Waals surface area contributed by atoms with Crippen molar-refractivity contribution in [2.45, 2.75) is 92.3 Å². The predicted molar refractivity (Wildman–Crippen MR) is 130 cm³/mol. The average molecular weight is 458 g/mol. The minimum absolute atomic E-state index is 0.0354. The van der Waals surface area contributed by atoms with Crippen LogP contribution in [0.5, 0.6) is 0 Å². The van der Waals surface area contributed by atoms with Crippen LogP contribution < -0.4 is 10.6 Å². The second-order valence-corrected chi connectivity index (χ2v) is 12.0. The molecular weight excluding hydrogens is 414 g/mol. The summed E-state index contributed by atoms with van der Waals surface area (Å²) in [7, 11) is 0. The van der Waals surface area contributed by atoms with Gasteiger partial charge in [0.05, 0.1) is 18.3 Å². The Kier molecular flexibility index (Phi) is 7.87. The van der Waals surface area contributed by atoms with Crippen molar-refractivity contribution in [1.29, 1.82) is 0 Å². The number of aliphatic hydroxyl groups excluding tert-OH is 1. The van der Waals surface area contributed by atoms with Gasteiger partial charge in [-0.2, -0.15) is 0 Å². The Morgan fingerprint density at radius 2 is 1.94 bits per heavy atom. The fourth-order valence-electron chi connectivity index (χ4n) is 6.27. The summed E-state index contributed by atoms with van der Waals surface area (Å²) in [4.78, 5) is 29.8. The maximum Gasteiger partial charge on any atom is 0.223 e. The van der Waals surface area contributed by atoms with E-state index in [2.05, 4.69) is 50.2 Å². The molecule has 6 nitrogen and oxygen atoms in total. The van der Waals surface area contributed by atoms with Gasteiger partial charge in [0.2, 0.25) is 11.8 Å². The molecule has 0 bridgehead atoms. The summed E-state index contributed by atoms with van der Waals surface area (Å²) in [6, 6.07) is 5.72. The van der Waals surface area contributed by atoms with E-state index in [4.69, 9.17) is 0 Å². The lowest BCUT2D eigenvalue weighted by atomic mass is 9.51. The molecule has 0 spiro atoms. The van der Waals surface area contributed by atoms with Gasteiger partial charge >= 0.3 is 0 Å². The number of fused-ring (bicyclic) bond motifs is 1. The summed E-state index contributed by atoms with van der Waals surface area (Å²) in [6.07, 6.45) is 5.45. The molecule has 2 aliphatic rings. The van der Waals surface area contributed by atoms with E-state index in [1.54, 1.807) is 6.20 Å². The third-order valence-electron chi connectivity index (χ3n) is 8.15. The molecule has 2 saturated carbocycles. The minimum atomic E-state index is -0.559. The Balaban J connectivity index is 1.65. The van der Waals surface area contributed by atoms with Gasteiger partial charge in [0, 0.05) is 24.6 Å². The highest BCUT2D eigenvalue weighted by molar-refractivity contribution is 5.78. The molecule has 0 aromatic carbocycles. The van der Waals surface area contributed by atoms with Gasteiger partial charge in [-0.1, -0.05) is 47.6 Å². The van der Waals surface area contributed by atoms with E-state index >= 15 is 0 Å². The third kappa shape index (κ3) is 6.14. The van der Waals surface area contributed by atoms with E-state index in [0.29, 0.717) is 13.0 Å². The molecule has 0 radical (unpaired) electrons. The number of aromatic nitrogens is 1. The molecule has 33 heavy (non-hydrogen) atoms. The van der Waals surface area contributed by atoms with Gasteiger partial charge in [-0.05, 0) is 66.4 Å². The van der Waals surface area contributed by atoms with Crippen LogP contribution in [0.25, 0.3) is 0 Å². The molecule has 2 amide bonds. The molecule has 3 N–H and O–H groups in total.